The van der Waals surface area contributed by atoms with Crippen LogP contribution in [0.5, 0.6) is 0 Å². The van der Waals surface area contributed by atoms with Crippen molar-refractivity contribution in [1.29, 1.82) is 0 Å². The summed E-state index contributed by atoms with van der Waals surface area (Å²) in [5, 5.41) is 13.4. The summed E-state index contributed by atoms with van der Waals surface area (Å²) in [5.41, 5.74) is 2.09. The molecule has 0 unspecified atom stereocenters. The van der Waals surface area contributed by atoms with Crippen LogP contribution in [0, 0.1) is 6.92 Å². The molecule has 4 rings (SSSR count). The van der Waals surface area contributed by atoms with Crippen LogP contribution in [0.2, 0.25) is 0 Å². The summed E-state index contributed by atoms with van der Waals surface area (Å²) in [6, 6.07) is 11.7. The minimum absolute atomic E-state index is 0.523. The predicted octanol–water partition coefficient (Wildman–Crippen LogP) is 4.21. The van der Waals surface area contributed by atoms with E-state index in [-0.39, 0.29) is 0 Å². The number of hydrogen-bond acceptors (Lipinski definition) is 7. The van der Waals surface area contributed by atoms with E-state index < -0.39 is 0 Å². The van der Waals surface area contributed by atoms with E-state index in [4.69, 9.17) is 8.94 Å². The molecular weight excluding hydrogens is 350 g/mol. The van der Waals surface area contributed by atoms with Crippen molar-refractivity contribution in [2.45, 2.75) is 31.3 Å². The molecule has 0 saturated carbocycles. The Morgan fingerprint density at radius 2 is 2.00 bits per heavy atom. The van der Waals surface area contributed by atoms with Gasteiger partial charge >= 0.3 is 0 Å². The summed E-state index contributed by atoms with van der Waals surface area (Å²) in [6.45, 7) is 4.81. The van der Waals surface area contributed by atoms with Crippen LogP contribution < -0.4 is 0 Å². The average Bonchev–Trinajstić information content (AvgIpc) is 3.39. The minimum Gasteiger partial charge on any atom is -0.461 e. The van der Waals surface area contributed by atoms with E-state index >= 15 is 0 Å². The lowest BCUT2D eigenvalue weighted by Crippen LogP contribution is -1.99. The second-order valence-electron chi connectivity index (χ2n) is 5.64. The van der Waals surface area contributed by atoms with E-state index in [2.05, 4.69) is 20.3 Å². The van der Waals surface area contributed by atoms with Gasteiger partial charge in [0, 0.05) is 12.1 Å². The van der Waals surface area contributed by atoms with Crippen LogP contribution in [-0.2, 0) is 12.3 Å². The number of aryl methyl sites for hydroxylation is 1. The largest absolute Gasteiger partial charge is 0.461 e. The summed E-state index contributed by atoms with van der Waals surface area (Å²) in [5.74, 6) is 3.09. The molecule has 0 N–H and O–H groups in total. The smallest absolute Gasteiger partial charge is 0.237 e. The van der Waals surface area contributed by atoms with Gasteiger partial charge in [-0.15, -0.1) is 10.2 Å². The third kappa shape index (κ3) is 3.15. The molecule has 0 aliphatic rings. The molecule has 0 atom stereocenters. The molecule has 3 heterocycles. The van der Waals surface area contributed by atoms with Crippen molar-refractivity contribution in [1.82, 2.24) is 24.9 Å². The van der Waals surface area contributed by atoms with Crippen molar-refractivity contribution in [3.8, 4) is 23.0 Å². The van der Waals surface area contributed by atoms with Crippen LogP contribution in [0.4, 0.5) is 0 Å². The summed E-state index contributed by atoms with van der Waals surface area (Å²) >= 11 is 1.51. The van der Waals surface area contributed by atoms with E-state index in [9.17, 15) is 0 Å². The third-order valence-electron chi connectivity index (χ3n) is 3.95. The zero-order chi connectivity index (χ0) is 17.9. The van der Waals surface area contributed by atoms with Gasteiger partial charge in [0.25, 0.3) is 0 Å². The molecule has 8 heteroatoms. The number of aromatic nitrogens is 5. The highest BCUT2D eigenvalue weighted by atomic mass is 32.2. The highest BCUT2D eigenvalue weighted by Gasteiger charge is 2.17. The molecule has 0 fully saturated rings. The maximum Gasteiger partial charge on any atom is 0.237 e. The first-order valence-corrected chi connectivity index (χ1v) is 9.23. The van der Waals surface area contributed by atoms with Gasteiger partial charge in [-0.05, 0) is 31.5 Å². The Labute approximate surface area is 154 Å². The maximum atomic E-state index is 5.43. The Morgan fingerprint density at radius 3 is 2.77 bits per heavy atom. The highest BCUT2D eigenvalue weighted by molar-refractivity contribution is 7.98. The van der Waals surface area contributed by atoms with Crippen molar-refractivity contribution in [2.24, 2.45) is 0 Å². The first-order chi connectivity index (χ1) is 12.8. The highest BCUT2D eigenvalue weighted by Crippen LogP contribution is 2.27. The molecular formula is C18H17N5O2S. The van der Waals surface area contributed by atoms with E-state index in [1.165, 1.54) is 11.8 Å². The number of benzene rings is 1. The quantitative estimate of drug-likeness (QED) is 0.472. The summed E-state index contributed by atoms with van der Waals surface area (Å²) in [6.07, 6.45) is 1.63. The lowest BCUT2D eigenvalue weighted by Gasteiger charge is -2.04. The predicted molar refractivity (Wildman–Crippen MR) is 97.4 cm³/mol. The van der Waals surface area contributed by atoms with Gasteiger partial charge in [-0.2, -0.15) is 4.98 Å². The minimum atomic E-state index is 0.523. The van der Waals surface area contributed by atoms with E-state index in [1.807, 2.05) is 54.8 Å². The Balaban J connectivity index is 1.51. The molecule has 0 amide bonds. The van der Waals surface area contributed by atoms with E-state index in [0.29, 0.717) is 29.1 Å². The van der Waals surface area contributed by atoms with Crippen molar-refractivity contribution in [3.05, 3.63) is 54.1 Å². The number of nitrogens with zero attached hydrogens (tertiary/aromatic N) is 5. The number of thioether (sulfide) groups is 1. The molecule has 0 spiro atoms. The van der Waals surface area contributed by atoms with Gasteiger partial charge < -0.3 is 8.94 Å². The van der Waals surface area contributed by atoms with Gasteiger partial charge in [-0.25, -0.2) is 0 Å². The van der Waals surface area contributed by atoms with E-state index in [1.54, 1.807) is 6.26 Å². The zero-order valence-electron chi connectivity index (χ0n) is 14.4. The molecule has 132 valence electrons. The molecule has 0 bridgehead atoms. The first kappa shape index (κ1) is 16.6. The molecule has 0 aliphatic carbocycles. The second-order valence-corrected chi connectivity index (χ2v) is 6.59. The van der Waals surface area contributed by atoms with Crippen molar-refractivity contribution in [2.75, 3.05) is 0 Å². The van der Waals surface area contributed by atoms with Crippen LogP contribution in [-0.4, -0.2) is 24.9 Å². The Bertz CT molecular complexity index is 1010. The molecule has 0 saturated heterocycles. The SMILES string of the molecule is CCn1c(SCc2nc(-c3ccccc3C)no2)nnc1-c1ccco1. The number of hydrogen-bond donors (Lipinski definition) is 0. The van der Waals surface area contributed by atoms with Crippen LogP contribution in [0.1, 0.15) is 18.4 Å². The normalized spacial score (nSPS) is 11.2. The molecule has 0 aliphatic heterocycles. The average molecular weight is 367 g/mol. The fraction of sp³-hybridized carbons (Fsp3) is 0.222. The summed E-state index contributed by atoms with van der Waals surface area (Å²) < 4.78 is 12.8. The number of rotatable bonds is 6. The van der Waals surface area contributed by atoms with Crippen molar-refractivity contribution < 1.29 is 8.94 Å². The fourth-order valence-corrected chi connectivity index (χ4v) is 3.48. The van der Waals surface area contributed by atoms with Gasteiger partial charge in [0.05, 0.1) is 12.0 Å². The lowest BCUT2D eigenvalue weighted by molar-refractivity contribution is 0.391. The molecule has 4 aromatic rings. The summed E-state index contributed by atoms with van der Waals surface area (Å²) in [4.78, 5) is 4.49. The second kappa shape index (κ2) is 7.17. The van der Waals surface area contributed by atoms with Crippen LogP contribution in [0.15, 0.2) is 56.8 Å². The molecule has 3 aromatic heterocycles. The standard InChI is InChI=1S/C18H17N5O2S/c1-3-23-17(14-9-6-10-24-14)20-21-18(23)26-11-15-19-16(22-25-15)13-8-5-4-7-12(13)2/h4-10H,3,11H2,1-2H3. The van der Waals surface area contributed by atoms with Crippen LogP contribution in [0.25, 0.3) is 23.0 Å². The maximum absolute atomic E-state index is 5.43. The van der Waals surface area contributed by atoms with Gasteiger partial charge in [0.2, 0.25) is 11.7 Å². The Morgan fingerprint density at radius 1 is 1.12 bits per heavy atom. The third-order valence-corrected chi connectivity index (χ3v) is 4.90. The zero-order valence-corrected chi connectivity index (χ0v) is 15.2. The fourth-order valence-electron chi connectivity index (χ4n) is 2.64. The van der Waals surface area contributed by atoms with Gasteiger partial charge in [-0.1, -0.05) is 41.2 Å². The van der Waals surface area contributed by atoms with Gasteiger partial charge in [0.15, 0.2) is 16.7 Å². The molecule has 7 nitrogen and oxygen atoms in total. The van der Waals surface area contributed by atoms with E-state index in [0.717, 1.165) is 22.8 Å². The number of furan rings is 1. The topological polar surface area (TPSA) is 82.8 Å². The Kier molecular flexibility index (Phi) is 4.57. The van der Waals surface area contributed by atoms with Crippen LogP contribution in [0.3, 0.4) is 0 Å². The Hall–Kier alpha value is -2.87. The van der Waals surface area contributed by atoms with Crippen molar-refractivity contribution in [3.63, 3.8) is 0 Å². The molecule has 1 aromatic carbocycles. The van der Waals surface area contributed by atoms with Crippen LogP contribution >= 0.6 is 11.8 Å². The first-order valence-electron chi connectivity index (χ1n) is 8.24. The summed E-state index contributed by atoms with van der Waals surface area (Å²) in [7, 11) is 0. The monoisotopic (exact) mass is 367 g/mol. The van der Waals surface area contributed by atoms with Gasteiger partial charge in [0.1, 0.15) is 0 Å². The van der Waals surface area contributed by atoms with Crippen molar-refractivity contribution >= 4 is 11.8 Å². The molecule has 26 heavy (non-hydrogen) atoms. The van der Waals surface area contributed by atoms with Gasteiger partial charge in [-0.3, -0.25) is 4.57 Å². The lowest BCUT2D eigenvalue weighted by atomic mass is 10.1. The molecule has 0 radical (unpaired) electrons.